The van der Waals surface area contributed by atoms with Crippen LogP contribution in [0.3, 0.4) is 0 Å². The van der Waals surface area contributed by atoms with Crippen molar-refractivity contribution in [2.45, 2.75) is 12.8 Å². The molecular weight excluding hydrogens is 342 g/mol. The van der Waals surface area contributed by atoms with Gasteiger partial charge >= 0.3 is 5.97 Å². The van der Waals surface area contributed by atoms with Crippen LogP contribution < -0.4 is 10.1 Å². The lowest BCUT2D eigenvalue weighted by atomic mass is 10.1. The summed E-state index contributed by atoms with van der Waals surface area (Å²) in [5.41, 5.74) is 1.68. The molecule has 0 saturated heterocycles. The summed E-state index contributed by atoms with van der Waals surface area (Å²) in [6, 6.07) is 21.0. The number of carbonyl (C=O) groups is 2. The van der Waals surface area contributed by atoms with Crippen LogP contribution >= 0.6 is 0 Å². The number of fused-ring (bicyclic) bond motifs is 1. The van der Waals surface area contributed by atoms with Crippen molar-refractivity contribution in [1.29, 1.82) is 0 Å². The highest BCUT2D eigenvalue weighted by atomic mass is 16.5. The lowest BCUT2D eigenvalue weighted by molar-refractivity contribution is -0.147. The summed E-state index contributed by atoms with van der Waals surface area (Å²) < 4.78 is 10.2. The molecule has 3 rings (SSSR count). The molecule has 0 unspecified atom stereocenters. The fraction of sp³-hybridized carbons (Fsp3) is 0.182. The highest BCUT2D eigenvalue weighted by molar-refractivity contribution is 5.95. The average molecular weight is 363 g/mol. The summed E-state index contributed by atoms with van der Waals surface area (Å²) in [4.78, 5) is 23.8. The second-order valence-corrected chi connectivity index (χ2v) is 6.12. The zero-order valence-corrected chi connectivity index (χ0v) is 15.1. The number of nitrogens with one attached hydrogen (secondary N) is 1. The first-order chi connectivity index (χ1) is 13.1. The molecule has 27 heavy (non-hydrogen) atoms. The molecule has 3 aromatic rings. The summed E-state index contributed by atoms with van der Waals surface area (Å²) in [5, 5.41) is 4.88. The van der Waals surface area contributed by atoms with Gasteiger partial charge in [0.25, 0.3) is 5.91 Å². The Bertz CT molecular complexity index is 934. The van der Waals surface area contributed by atoms with Gasteiger partial charge in [0.1, 0.15) is 5.75 Å². The number of aryl methyl sites for hydroxylation is 1. The number of methoxy groups -OCH3 is 1. The molecule has 0 spiro atoms. The number of anilines is 1. The molecular formula is C22H21NO4. The van der Waals surface area contributed by atoms with E-state index in [1.165, 1.54) is 0 Å². The average Bonchev–Trinajstić information content (AvgIpc) is 2.71. The van der Waals surface area contributed by atoms with E-state index >= 15 is 0 Å². The number of carbonyl (C=O) groups excluding carboxylic acids is 2. The minimum atomic E-state index is -0.403. The lowest BCUT2D eigenvalue weighted by Crippen LogP contribution is -2.21. The number of hydrogen-bond donors (Lipinski definition) is 1. The quantitative estimate of drug-likeness (QED) is 0.645. The fourth-order valence-electron chi connectivity index (χ4n) is 2.72. The van der Waals surface area contributed by atoms with Crippen LogP contribution in [0.15, 0.2) is 66.7 Å². The van der Waals surface area contributed by atoms with Crippen LogP contribution in [0.5, 0.6) is 5.75 Å². The Morgan fingerprint density at radius 3 is 2.41 bits per heavy atom. The Kier molecular flexibility index (Phi) is 6.05. The van der Waals surface area contributed by atoms with Crippen LogP contribution in [0.1, 0.15) is 12.0 Å². The van der Waals surface area contributed by atoms with Crippen LogP contribution in [0.2, 0.25) is 0 Å². The van der Waals surface area contributed by atoms with Crippen molar-refractivity contribution in [2.24, 2.45) is 0 Å². The molecule has 0 aromatic heterocycles. The van der Waals surface area contributed by atoms with Gasteiger partial charge in [-0.3, -0.25) is 9.59 Å². The first-order valence-corrected chi connectivity index (χ1v) is 8.71. The van der Waals surface area contributed by atoms with E-state index in [4.69, 9.17) is 9.47 Å². The minimum Gasteiger partial charge on any atom is -0.497 e. The standard InChI is InChI=1S/C22H21NO4/c1-26-20-11-6-16(7-12-20)8-13-22(25)27-15-21(24)23-19-10-9-17-4-2-3-5-18(17)14-19/h2-7,9-12,14H,8,13,15H2,1H3,(H,23,24). The van der Waals surface area contributed by atoms with E-state index < -0.39 is 5.97 Å². The number of ether oxygens (including phenoxy) is 2. The van der Waals surface area contributed by atoms with Crippen LogP contribution in [0.4, 0.5) is 5.69 Å². The molecule has 0 atom stereocenters. The van der Waals surface area contributed by atoms with Crippen LogP contribution in [0, 0.1) is 0 Å². The second-order valence-electron chi connectivity index (χ2n) is 6.12. The maximum Gasteiger partial charge on any atom is 0.306 e. The van der Waals surface area contributed by atoms with Crippen molar-refractivity contribution >= 4 is 28.3 Å². The molecule has 5 nitrogen and oxygen atoms in total. The van der Waals surface area contributed by atoms with E-state index in [0.717, 1.165) is 22.1 Å². The molecule has 0 heterocycles. The molecule has 5 heteroatoms. The monoisotopic (exact) mass is 363 g/mol. The fourth-order valence-corrected chi connectivity index (χ4v) is 2.72. The zero-order valence-electron chi connectivity index (χ0n) is 15.1. The molecule has 0 saturated carbocycles. The van der Waals surface area contributed by atoms with Crippen molar-refractivity contribution in [3.8, 4) is 5.75 Å². The van der Waals surface area contributed by atoms with Crippen LogP contribution in [-0.2, 0) is 20.7 Å². The summed E-state index contributed by atoms with van der Waals surface area (Å²) >= 11 is 0. The Morgan fingerprint density at radius 1 is 0.926 bits per heavy atom. The maximum atomic E-state index is 12.0. The molecule has 0 radical (unpaired) electrons. The first-order valence-electron chi connectivity index (χ1n) is 8.71. The Balaban J connectivity index is 1.44. The van der Waals surface area contributed by atoms with Crippen LogP contribution in [-0.4, -0.2) is 25.6 Å². The Labute approximate surface area is 157 Å². The van der Waals surface area contributed by atoms with Crippen molar-refractivity contribution in [1.82, 2.24) is 0 Å². The third-order valence-corrected chi connectivity index (χ3v) is 4.17. The molecule has 0 fully saturated rings. The summed E-state index contributed by atoms with van der Waals surface area (Å²) in [7, 11) is 1.61. The van der Waals surface area contributed by atoms with E-state index in [-0.39, 0.29) is 18.9 Å². The molecule has 0 aliphatic heterocycles. The van der Waals surface area contributed by atoms with Gasteiger partial charge in [0.2, 0.25) is 0 Å². The lowest BCUT2D eigenvalue weighted by Gasteiger charge is -2.08. The third kappa shape index (κ3) is 5.31. The molecule has 0 aliphatic rings. The molecule has 1 amide bonds. The summed E-state index contributed by atoms with van der Waals surface area (Å²) in [6.45, 7) is -0.297. The number of hydrogen-bond acceptors (Lipinski definition) is 4. The highest BCUT2D eigenvalue weighted by Gasteiger charge is 2.09. The van der Waals surface area contributed by atoms with Gasteiger partial charge in [-0.1, -0.05) is 42.5 Å². The number of esters is 1. The normalized spacial score (nSPS) is 10.4. The highest BCUT2D eigenvalue weighted by Crippen LogP contribution is 2.18. The predicted octanol–water partition coefficient (Wildman–Crippen LogP) is 3.96. The van der Waals surface area contributed by atoms with Gasteiger partial charge in [0.05, 0.1) is 7.11 Å². The van der Waals surface area contributed by atoms with Crippen molar-refractivity contribution in [2.75, 3.05) is 19.0 Å². The molecule has 3 aromatic carbocycles. The van der Waals surface area contributed by atoms with Gasteiger partial charge in [-0.25, -0.2) is 0 Å². The third-order valence-electron chi connectivity index (χ3n) is 4.17. The zero-order chi connectivity index (χ0) is 19.1. The molecule has 1 N–H and O–H groups in total. The topological polar surface area (TPSA) is 64.6 Å². The van der Waals surface area contributed by atoms with Gasteiger partial charge < -0.3 is 14.8 Å². The summed E-state index contributed by atoms with van der Waals surface area (Å²) in [6.07, 6.45) is 0.769. The number of amides is 1. The van der Waals surface area contributed by atoms with Gasteiger partial charge in [-0.05, 0) is 47.0 Å². The van der Waals surface area contributed by atoms with Crippen molar-refractivity contribution < 1.29 is 19.1 Å². The van der Waals surface area contributed by atoms with Crippen molar-refractivity contribution in [3.63, 3.8) is 0 Å². The van der Waals surface area contributed by atoms with E-state index in [9.17, 15) is 9.59 Å². The SMILES string of the molecule is COc1ccc(CCC(=O)OCC(=O)Nc2ccc3ccccc3c2)cc1. The molecule has 138 valence electrons. The van der Waals surface area contributed by atoms with E-state index in [2.05, 4.69) is 5.32 Å². The van der Waals surface area contributed by atoms with E-state index in [0.29, 0.717) is 12.1 Å². The van der Waals surface area contributed by atoms with Crippen molar-refractivity contribution in [3.05, 3.63) is 72.3 Å². The van der Waals surface area contributed by atoms with E-state index in [1.807, 2.05) is 66.7 Å². The van der Waals surface area contributed by atoms with Gasteiger partial charge in [-0.15, -0.1) is 0 Å². The Morgan fingerprint density at radius 2 is 1.67 bits per heavy atom. The van der Waals surface area contributed by atoms with Gasteiger partial charge in [0.15, 0.2) is 6.61 Å². The van der Waals surface area contributed by atoms with Crippen LogP contribution in [0.25, 0.3) is 10.8 Å². The number of rotatable bonds is 7. The molecule has 0 bridgehead atoms. The van der Waals surface area contributed by atoms with Gasteiger partial charge in [-0.2, -0.15) is 0 Å². The largest absolute Gasteiger partial charge is 0.497 e. The molecule has 0 aliphatic carbocycles. The maximum absolute atomic E-state index is 12.0. The second kappa shape index (κ2) is 8.85. The number of benzene rings is 3. The Hall–Kier alpha value is -3.34. The van der Waals surface area contributed by atoms with E-state index in [1.54, 1.807) is 7.11 Å². The van der Waals surface area contributed by atoms with Gasteiger partial charge in [0, 0.05) is 12.1 Å². The predicted molar refractivity (Wildman–Crippen MR) is 105 cm³/mol. The smallest absolute Gasteiger partial charge is 0.306 e. The minimum absolute atomic E-state index is 0.218. The first kappa shape index (κ1) is 18.5. The summed E-state index contributed by atoms with van der Waals surface area (Å²) in [5.74, 6) is 0.00856.